The maximum atomic E-state index is 4.71. The van der Waals surface area contributed by atoms with E-state index in [0.29, 0.717) is 6.04 Å². The summed E-state index contributed by atoms with van der Waals surface area (Å²) in [6.07, 6.45) is 6.16. The Kier molecular flexibility index (Phi) is 4.76. The second kappa shape index (κ2) is 6.75. The summed E-state index contributed by atoms with van der Waals surface area (Å²) in [5.41, 5.74) is 1.27. The highest BCUT2D eigenvalue weighted by atomic mass is 15.3. The van der Waals surface area contributed by atoms with E-state index >= 15 is 0 Å². The topological polar surface area (TPSA) is 31.4 Å². The van der Waals surface area contributed by atoms with E-state index in [1.807, 2.05) is 6.20 Å². The van der Waals surface area contributed by atoms with Gasteiger partial charge in [0.1, 0.15) is 5.82 Å². The third-order valence-electron chi connectivity index (χ3n) is 4.94. The molecule has 2 aliphatic rings. The standard InChI is InChI=1S/C17H28N4/c1-3-18-14(2)15-7-8-17(19-12-15)21-11-10-20-9-5-4-6-16(20)13-21/h7-8,12,14,16,18H,3-6,9-11,13H2,1-2H3. The van der Waals surface area contributed by atoms with Gasteiger partial charge in [0.05, 0.1) is 0 Å². The second-order valence-electron chi connectivity index (χ2n) is 6.36. The van der Waals surface area contributed by atoms with Crippen molar-refractivity contribution < 1.29 is 0 Å². The van der Waals surface area contributed by atoms with Gasteiger partial charge in [-0.15, -0.1) is 0 Å². The Morgan fingerprint density at radius 3 is 2.95 bits per heavy atom. The molecule has 2 unspecified atom stereocenters. The minimum atomic E-state index is 0.381. The minimum absolute atomic E-state index is 0.381. The van der Waals surface area contributed by atoms with Gasteiger partial charge in [-0.3, -0.25) is 4.90 Å². The number of piperazine rings is 1. The molecular formula is C17H28N4. The molecule has 2 saturated heterocycles. The van der Waals surface area contributed by atoms with Crippen LogP contribution in [0.25, 0.3) is 0 Å². The molecule has 1 N–H and O–H groups in total. The van der Waals surface area contributed by atoms with Crippen molar-refractivity contribution in [2.45, 2.75) is 45.2 Å². The Morgan fingerprint density at radius 2 is 2.19 bits per heavy atom. The van der Waals surface area contributed by atoms with Crippen molar-refractivity contribution in [2.75, 3.05) is 37.6 Å². The SMILES string of the molecule is CCNC(C)c1ccc(N2CCN3CCCCC3C2)nc1. The van der Waals surface area contributed by atoms with Crippen LogP contribution in [0, 0.1) is 0 Å². The zero-order chi connectivity index (χ0) is 14.7. The molecule has 1 aromatic heterocycles. The number of anilines is 1. The van der Waals surface area contributed by atoms with Crippen molar-refractivity contribution >= 4 is 5.82 Å². The summed E-state index contributed by atoms with van der Waals surface area (Å²) >= 11 is 0. The molecule has 1 aromatic rings. The number of hydrogen-bond donors (Lipinski definition) is 1. The normalized spacial score (nSPS) is 24.7. The predicted molar refractivity (Wildman–Crippen MR) is 87.8 cm³/mol. The number of rotatable bonds is 4. The summed E-state index contributed by atoms with van der Waals surface area (Å²) in [6, 6.07) is 5.55. The summed E-state index contributed by atoms with van der Waals surface area (Å²) in [6.45, 7) is 10.1. The third kappa shape index (κ3) is 3.38. The molecule has 3 heterocycles. The Labute approximate surface area is 128 Å². The first-order chi connectivity index (χ1) is 10.3. The van der Waals surface area contributed by atoms with E-state index in [1.165, 1.54) is 37.9 Å². The molecule has 2 atom stereocenters. The highest BCUT2D eigenvalue weighted by Crippen LogP contribution is 2.24. The molecule has 0 aromatic carbocycles. The number of pyridine rings is 1. The summed E-state index contributed by atoms with van der Waals surface area (Å²) < 4.78 is 0. The Morgan fingerprint density at radius 1 is 1.29 bits per heavy atom. The van der Waals surface area contributed by atoms with Gasteiger partial charge in [-0.2, -0.15) is 0 Å². The largest absolute Gasteiger partial charge is 0.354 e. The fourth-order valence-corrected chi connectivity index (χ4v) is 3.63. The van der Waals surface area contributed by atoms with Crippen LogP contribution in [0.3, 0.4) is 0 Å². The number of aromatic nitrogens is 1. The molecule has 2 fully saturated rings. The molecule has 0 radical (unpaired) electrons. The highest BCUT2D eigenvalue weighted by molar-refractivity contribution is 5.40. The first kappa shape index (κ1) is 14.8. The van der Waals surface area contributed by atoms with Crippen molar-refractivity contribution in [1.82, 2.24) is 15.2 Å². The second-order valence-corrected chi connectivity index (χ2v) is 6.36. The van der Waals surface area contributed by atoms with Gasteiger partial charge in [0.15, 0.2) is 0 Å². The quantitative estimate of drug-likeness (QED) is 0.922. The van der Waals surface area contributed by atoms with Crippen molar-refractivity contribution in [2.24, 2.45) is 0 Å². The Hall–Kier alpha value is -1.13. The van der Waals surface area contributed by atoms with Crippen LogP contribution in [0.5, 0.6) is 0 Å². The van der Waals surface area contributed by atoms with Crippen LogP contribution in [-0.4, -0.2) is 48.6 Å². The zero-order valence-electron chi connectivity index (χ0n) is 13.4. The number of hydrogen-bond acceptors (Lipinski definition) is 4. The van der Waals surface area contributed by atoms with Crippen LogP contribution in [0.2, 0.25) is 0 Å². The monoisotopic (exact) mass is 288 g/mol. The molecular weight excluding hydrogens is 260 g/mol. The van der Waals surface area contributed by atoms with Gasteiger partial charge in [-0.25, -0.2) is 4.98 Å². The van der Waals surface area contributed by atoms with E-state index in [0.717, 1.165) is 31.5 Å². The lowest BCUT2D eigenvalue weighted by Gasteiger charge is -2.44. The fraction of sp³-hybridized carbons (Fsp3) is 0.706. The smallest absolute Gasteiger partial charge is 0.128 e. The number of fused-ring (bicyclic) bond motifs is 1. The van der Waals surface area contributed by atoms with E-state index in [-0.39, 0.29) is 0 Å². The molecule has 3 rings (SSSR count). The molecule has 0 amide bonds. The van der Waals surface area contributed by atoms with Gasteiger partial charge in [0.2, 0.25) is 0 Å². The third-order valence-corrected chi connectivity index (χ3v) is 4.94. The van der Waals surface area contributed by atoms with E-state index in [1.54, 1.807) is 0 Å². The van der Waals surface area contributed by atoms with E-state index in [9.17, 15) is 0 Å². The molecule has 0 bridgehead atoms. The first-order valence-electron chi connectivity index (χ1n) is 8.46. The van der Waals surface area contributed by atoms with Gasteiger partial charge in [0.25, 0.3) is 0 Å². The predicted octanol–water partition coefficient (Wildman–Crippen LogP) is 2.43. The maximum Gasteiger partial charge on any atom is 0.128 e. The Bertz CT molecular complexity index is 445. The number of nitrogens with zero attached hydrogens (tertiary/aromatic N) is 3. The number of piperidine rings is 1. The minimum Gasteiger partial charge on any atom is -0.354 e. The first-order valence-corrected chi connectivity index (χ1v) is 8.46. The van der Waals surface area contributed by atoms with Gasteiger partial charge < -0.3 is 10.2 Å². The zero-order valence-corrected chi connectivity index (χ0v) is 13.4. The summed E-state index contributed by atoms with van der Waals surface area (Å²) in [5, 5.41) is 3.44. The molecule has 0 saturated carbocycles. The van der Waals surface area contributed by atoms with Crippen molar-refractivity contribution in [3.8, 4) is 0 Å². The number of nitrogens with one attached hydrogen (secondary N) is 1. The molecule has 4 nitrogen and oxygen atoms in total. The van der Waals surface area contributed by atoms with Gasteiger partial charge in [0, 0.05) is 37.9 Å². The Balaban J connectivity index is 1.64. The van der Waals surface area contributed by atoms with E-state index in [2.05, 4.69) is 41.1 Å². The van der Waals surface area contributed by atoms with Crippen molar-refractivity contribution in [1.29, 1.82) is 0 Å². The van der Waals surface area contributed by atoms with Crippen molar-refractivity contribution in [3.63, 3.8) is 0 Å². The summed E-state index contributed by atoms with van der Waals surface area (Å²) in [4.78, 5) is 9.85. The van der Waals surface area contributed by atoms with Crippen LogP contribution in [0.1, 0.15) is 44.7 Å². The average molecular weight is 288 g/mol. The van der Waals surface area contributed by atoms with Crippen molar-refractivity contribution in [3.05, 3.63) is 23.9 Å². The van der Waals surface area contributed by atoms with Crippen LogP contribution >= 0.6 is 0 Å². The van der Waals surface area contributed by atoms with E-state index in [4.69, 9.17) is 4.98 Å². The summed E-state index contributed by atoms with van der Waals surface area (Å²) in [7, 11) is 0. The molecule has 0 spiro atoms. The fourth-order valence-electron chi connectivity index (χ4n) is 3.63. The van der Waals surface area contributed by atoms with Gasteiger partial charge in [-0.1, -0.05) is 19.4 Å². The van der Waals surface area contributed by atoms with Gasteiger partial charge >= 0.3 is 0 Å². The molecule has 2 aliphatic heterocycles. The van der Waals surface area contributed by atoms with Gasteiger partial charge in [-0.05, 0) is 44.5 Å². The average Bonchev–Trinajstić information content (AvgIpc) is 2.55. The molecule has 0 aliphatic carbocycles. The van der Waals surface area contributed by atoms with Crippen LogP contribution < -0.4 is 10.2 Å². The van der Waals surface area contributed by atoms with E-state index < -0.39 is 0 Å². The van der Waals surface area contributed by atoms with Crippen LogP contribution in [0.4, 0.5) is 5.82 Å². The maximum absolute atomic E-state index is 4.71. The molecule has 21 heavy (non-hydrogen) atoms. The highest BCUT2D eigenvalue weighted by Gasteiger charge is 2.29. The lowest BCUT2D eigenvalue weighted by molar-refractivity contribution is 0.133. The lowest BCUT2D eigenvalue weighted by Crippen LogP contribution is -2.55. The summed E-state index contributed by atoms with van der Waals surface area (Å²) in [5.74, 6) is 1.15. The van der Waals surface area contributed by atoms with Crippen LogP contribution in [0.15, 0.2) is 18.3 Å². The molecule has 116 valence electrons. The van der Waals surface area contributed by atoms with Crippen LogP contribution in [-0.2, 0) is 0 Å². The lowest BCUT2D eigenvalue weighted by atomic mass is 9.99. The molecule has 4 heteroatoms.